The molecule has 0 aliphatic rings. The van der Waals surface area contributed by atoms with Gasteiger partial charge in [0.1, 0.15) is 5.82 Å². The van der Waals surface area contributed by atoms with E-state index in [1.54, 1.807) is 18.2 Å². The molecule has 0 amide bonds. The minimum absolute atomic E-state index is 0.300. The van der Waals surface area contributed by atoms with Crippen LogP contribution in [0.15, 0.2) is 35.5 Å². The molecule has 0 bridgehead atoms. The molecule has 3 nitrogen and oxygen atoms in total. The second-order valence-electron chi connectivity index (χ2n) is 3.51. The maximum absolute atomic E-state index is 12.6. The van der Waals surface area contributed by atoms with Gasteiger partial charge in [-0.05, 0) is 18.2 Å². The number of thioether (sulfide) groups is 1. The van der Waals surface area contributed by atoms with E-state index in [0.29, 0.717) is 22.3 Å². The Morgan fingerprint density at radius 3 is 2.94 bits per heavy atom. The summed E-state index contributed by atoms with van der Waals surface area (Å²) in [6, 6.07) is 5.08. The molecule has 2 N–H and O–H groups in total. The van der Waals surface area contributed by atoms with Gasteiger partial charge in [-0.1, -0.05) is 11.6 Å². The number of nitrogens with two attached hydrogens (primary N) is 1. The highest BCUT2D eigenvalue weighted by atomic mass is 35.5. The maximum atomic E-state index is 12.6. The van der Waals surface area contributed by atoms with E-state index >= 15 is 0 Å². The Morgan fingerprint density at radius 2 is 2.22 bits per heavy atom. The van der Waals surface area contributed by atoms with Crippen molar-refractivity contribution in [1.29, 1.82) is 0 Å². The largest absolute Gasteiger partial charge is 0.399 e. The van der Waals surface area contributed by atoms with Crippen LogP contribution in [-0.4, -0.2) is 9.55 Å². The molecule has 7 heteroatoms. The van der Waals surface area contributed by atoms with Crippen LogP contribution in [-0.2, 0) is 5.75 Å². The fraction of sp³-hybridized carbons (Fsp3) is 0.182. The molecule has 0 radical (unpaired) electrons. The van der Waals surface area contributed by atoms with Gasteiger partial charge in [-0.2, -0.15) is 8.78 Å². The zero-order valence-electron chi connectivity index (χ0n) is 9.19. The second kappa shape index (κ2) is 5.58. The number of hydrogen-bond acceptors (Lipinski definition) is 3. The zero-order chi connectivity index (χ0) is 13.1. The lowest BCUT2D eigenvalue weighted by Crippen LogP contribution is -2.02. The van der Waals surface area contributed by atoms with Crippen LogP contribution in [0.5, 0.6) is 0 Å². The quantitative estimate of drug-likeness (QED) is 0.687. The molecule has 0 saturated carbocycles. The lowest BCUT2D eigenvalue weighted by atomic mass is 10.3. The summed E-state index contributed by atoms with van der Waals surface area (Å²) in [6.45, 7) is -2.58. The lowest BCUT2D eigenvalue weighted by Gasteiger charge is -2.07. The second-order valence-corrected chi connectivity index (χ2v) is 4.93. The summed E-state index contributed by atoms with van der Waals surface area (Å²) in [5.41, 5.74) is 6.22. The van der Waals surface area contributed by atoms with E-state index in [0.717, 1.165) is 9.46 Å². The molecule has 2 aromatic rings. The predicted molar refractivity (Wildman–Crippen MR) is 68.9 cm³/mol. The number of benzene rings is 1. The molecule has 1 aromatic carbocycles. The fourth-order valence-corrected chi connectivity index (χ4v) is 2.62. The number of rotatable bonds is 4. The van der Waals surface area contributed by atoms with Crippen LogP contribution in [0.25, 0.3) is 0 Å². The number of imidazole rings is 1. The summed E-state index contributed by atoms with van der Waals surface area (Å²) in [4.78, 5) is 4.64. The summed E-state index contributed by atoms with van der Waals surface area (Å²) < 4.78 is 26.0. The number of alkyl halides is 2. The first kappa shape index (κ1) is 13.2. The van der Waals surface area contributed by atoms with Crippen LogP contribution in [0.3, 0.4) is 0 Å². The molecule has 0 spiro atoms. The van der Waals surface area contributed by atoms with E-state index in [4.69, 9.17) is 17.3 Å². The Labute approximate surface area is 112 Å². The van der Waals surface area contributed by atoms with Gasteiger partial charge in [0.2, 0.25) is 0 Å². The van der Waals surface area contributed by atoms with Crippen LogP contribution < -0.4 is 5.73 Å². The third kappa shape index (κ3) is 2.94. The summed E-state index contributed by atoms with van der Waals surface area (Å²) in [5.74, 6) is 0.606. The van der Waals surface area contributed by atoms with Gasteiger partial charge < -0.3 is 5.73 Å². The predicted octanol–water partition coefficient (Wildman–Crippen LogP) is 3.81. The minimum atomic E-state index is -2.58. The summed E-state index contributed by atoms with van der Waals surface area (Å²) >= 11 is 7.31. The van der Waals surface area contributed by atoms with Gasteiger partial charge in [0.25, 0.3) is 0 Å². The van der Waals surface area contributed by atoms with E-state index in [1.165, 1.54) is 24.2 Å². The maximum Gasteiger partial charge on any atom is 0.319 e. The van der Waals surface area contributed by atoms with Gasteiger partial charge >= 0.3 is 6.55 Å². The number of nitrogen functional groups attached to an aromatic ring is 1. The van der Waals surface area contributed by atoms with Crippen molar-refractivity contribution in [3.63, 3.8) is 0 Å². The van der Waals surface area contributed by atoms with Gasteiger partial charge in [-0.3, -0.25) is 4.57 Å². The van der Waals surface area contributed by atoms with E-state index < -0.39 is 6.55 Å². The highest BCUT2D eigenvalue weighted by Gasteiger charge is 2.12. The average molecular weight is 290 g/mol. The SMILES string of the molecule is Nc1ccc(Cl)c(SCc2nccn2C(F)F)c1. The number of halogens is 3. The standard InChI is InChI=1S/C11H10ClF2N3S/c12-8-2-1-7(15)5-9(8)18-6-10-16-3-4-17(10)11(13)14/h1-5,11H,6,15H2. The number of nitrogens with zero attached hydrogens (tertiary/aromatic N) is 2. The third-order valence-electron chi connectivity index (χ3n) is 2.27. The normalized spacial score (nSPS) is 11.1. The molecule has 1 aromatic heterocycles. The van der Waals surface area contributed by atoms with Crippen molar-refractivity contribution in [2.75, 3.05) is 5.73 Å². The van der Waals surface area contributed by atoms with Crippen molar-refractivity contribution in [3.8, 4) is 0 Å². The molecular weight excluding hydrogens is 280 g/mol. The van der Waals surface area contributed by atoms with Crippen LogP contribution in [0.4, 0.5) is 14.5 Å². The topological polar surface area (TPSA) is 43.8 Å². The molecule has 0 saturated heterocycles. The Balaban J connectivity index is 2.11. The monoisotopic (exact) mass is 289 g/mol. The van der Waals surface area contributed by atoms with Crippen molar-refractivity contribution in [3.05, 3.63) is 41.4 Å². The molecule has 0 aliphatic heterocycles. The van der Waals surface area contributed by atoms with E-state index in [1.807, 2.05) is 0 Å². The van der Waals surface area contributed by atoms with Crippen molar-refractivity contribution in [2.45, 2.75) is 17.2 Å². The van der Waals surface area contributed by atoms with Gasteiger partial charge in [0.05, 0.1) is 10.8 Å². The summed E-state index contributed by atoms with van der Waals surface area (Å²) in [6.07, 6.45) is 2.60. The molecule has 1 heterocycles. The smallest absolute Gasteiger partial charge is 0.319 e. The number of aromatic nitrogens is 2. The Bertz CT molecular complexity index is 545. The molecule has 0 fully saturated rings. The third-order valence-corrected chi connectivity index (χ3v) is 3.76. The minimum Gasteiger partial charge on any atom is -0.399 e. The Hall–Kier alpha value is -1.27. The molecular formula is C11H10ClF2N3S. The Kier molecular flexibility index (Phi) is 4.08. The van der Waals surface area contributed by atoms with Crippen LogP contribution >= 0.6 is 23.4 Å². The summed E-state index contributed by atoms with van der Waals surface area (Å²) in [5, 5.41) is 0.546. The Morgan fingerprint density at radius 1 is 1.44 bits per heavy atom. The van der Waals surface area contributed by atoms with Gasteiger partial charge in [-0.25, -0.2) is 4.98 Å². The van der Waals surface area contributed by atoms with Crippen LogP contribution in [0.1, 0.15) is 12.4 Å². The highest BCUT2D eigenvalue weighted by Crippen LogP contribution is 2.31. The van der Waals surface area contributed by atoms with Crippen molar-refractivity contribution >= 4 is 29.1 Å². The van der Waals surface area contributed by atoms with Crippen LogP contribution in [0.2, 0.25) is 5.02 Å². The molecule has 96 valence electrons. The fourth-order valence-electron chi connectivity index (χ4n) is 1.41. The average Bonchev–Trinajstić information content (AvgIpc) is 2.79. The van der Waals surface area contributed by atoms with E-state index in [9.17, 15) is 8.78 Å². The molecule has 2 rings (SSSR count). The molecule has 0 unspecified atom stereocenters. The van der Waals surface area contributed by atoms with Crippen molar-refractivity contribution in [1.82, 2.24) is 9.55 Å². The number of anilines is 1. The number of hydrogen-bond donors (Lipinski definition) is 1. The van der Waals surface area contributed by atoms with Gasteiger partial charge in [-0.15, -0.1) is 11.8 Å². The highest BCUT2D eigenvalue weighted by molar-refractivity contribution is 7.98. The van der Waals surface area contributed by atoms with E-state index in [-0.39, 0.29) is 0 Å². The zero-order valence-corrected chi connectivity index (χ0v) is 10.8. The lowest BCUT2D eigenvalue weighted by molar-refractivity contribution is 0.0678. The van der Waals surface area contributed by atoms with E-state index in [2.05, 4.69) is 4.98 Å². The first-order valence-electron chi connectivity index (χ1n) is 5.05. The molecule has 0 aliphatic carbocycles. The molecule has 18 heavy (non-hydrogen) atoms. The van der Waals surface area contributed by atoms with Gasteiger partial charge in [0, 0.05) is 23.0 Å². The summed E-state index contributed by atoms with van der Waals surface area (Å²) in [7, 11) is 0. The van der Waals surface area contributed by atoms with Gasteiger partial charge in [0.15, 0.2) is 0 Å². The van der Waals surface area contributed by atoms with Crippen molar-refractivity contribution < 1.29 is 8.78 Å². The molecule has 0 atom stereocenters. The first-order chi connectivity index (χ1) is 8.58. The van der Waals surface area contributed by atoms with Crippen LogP contribution in [0, 0.1) is 0 Å². The van der Waals surface area contributed by atoms with Crippen molar-refractivity contribution in [2.24, 2.45) is 0 Å². The first-order valence-corrected chi connectivity index (χ1v) is 6.42.